The molecule has 0 bridgehead atoms. The second kappa shape index (κ2) is 25.8. The van der Waals surface area contributed by atoms with Gasteiger partial charge in [-0.05, 0) is 60.5 Å². The smallest absolute Gasteiger partial charge is 1.00 e. The molecule has 0 radical (unpaired) electrons. The van der Waals surface area contributed by atoms with Crippen LogP contribution in [0.15, 0.2) is 121 Å². The van der Waals surface area contributed by atoms with Crippen LogP contribution in [0.4, 0.5) is 0 Å². The molecule has 6 aromatic carbocycles. The minimum atomic E-state index is 0. The van der Waals surface area contributed by atoms with Gasteiger partial charge in [0.1, 0.15) is 0 Å². The fraction of sp³-hybridized carbons (Fsp3) is 0.464. The molecule has 0 nitrogen and oxygen atoms in total. The number of hydrogen-bond donors (Lipinski definition) is 0. The van der Waals surface area contributed by atoms with Crippen LogP contribution >= 0.6 is 0 Å². The molecule has 8 rings (SSSR count). The molecule has 0 aliphatic heterocycles. The maximum atomic E-state index is 2.49. The molecule has 0 saturated heterocycles. The van der Waals surface area contributed by atoms with Crippen molar-refractivity contribution in [3.05, 3.63) is 132 Å². The van der Waals surface area contributed by atoms with Crippen LogP contribution in [0.2, 0.25) is 13.1 Å². The zero-order chi connectivity index (χ0) is 40.6. The first-order chi connectivity index (χ1) is 28.3. The Hall–Kier alpha value is -2.22. The van der Waals surface area contributed by atoms with Crippen molar-refractivity contribution in [2.24, 2.45) is 10.8 Å². The third-order valence-electron chi connectivity index (χ3n) is 13.8. The normalized spacial score (nSPS) is 16.6. The Morgan fingerprint density at radius 2 is 0.783 bits per heavy atom. The van der Waals surface area contributed by atoms with E-state index < -0.39 is 0 Å². The predicted octanol–water partition coefficient (Wildman–Crippen LogP) is 11.4. The number of benzene rings is 4. The minimum Gasteiger partial charge on any atom is -1.00 e. The zero-order valence-corrected chi connectivity index (χ0v) is 42.4. The van der Waals surface area contributed by atoms with Crippen LogP contribution < -0.4 is 24.8 Å². The van der Waals surface area contributed by atoms with Crippen LogP contribution in [0, 0.1) is 10.8 Å². The van der Waals surface area contributed by atoms with Gasteiger partial charge in [-0.15, -0.1) is 69.1 Å². The predicted molar refractivity (Wildman–Crippen MR) is 254 cm³/mol. The second-order valence-corrected chi connectivity index (χ2v) is 27.8. The van der Waals surface area contributed by atoms with Crippen molar-refractivity contribution in [3.63, 3.8) is 0 Å². The van der Waals surface area contributed by atoms with Crippen molar-refractivity contribution < 1.29 is 48.1 Å². The van der Waals surface area contributed by atoms with E-state index in [0.717, 1.165) is 0 Å². The number of rotatable bonds is 8. The van der Waals surface area contributed by atoms with E-state index in [1.165, 1.54) is 172 Å². The largest absolute Gasteiger partial charge is 1.00 e. The molecule has 60 heavy (non-hydrogen) atoms. The molecule has 0 spiro atoms. The van der Waals surface area contributed by atoms with Crippen LogP contribution in [0.25, 0.3) is 43.8 Å². The van der Waals surface area contributed by atoms with Crippen LogP contribution in [0.1, 0.15) is 141 Å². The monoisotopic (exact) mass is 932 g/mol. The number of fused-ring (bicyclic) bond motifs is 2. The van der Waals surface area contributed by atoms with Gasteiger partial charge in [-0.2, -0.15) is 12.1 Å². The molecule has 2 aliphatic carbocycles. The van der Waals surface area contributed by atoms with Gasteiger partial charge in [0, 0.05) is 0 Å². The molecular weight excluding hydrogens is 863 g/mol. The topological polar surface area (TPSA) is 0 Å². The van der Waals surface area contributed by atoms with Gasteiger partial charge in [-0.25, -0.2) is 0 Å². The quantitative estimate of drug-likeness (QED) is 0.105. The molecule has 0 atom stereocenters. The summed E-state index contributed by atoms with van der Waals surface area (Å²) in [7, 11) is 0. The summed E-state index contributed by atoms with van der Waals surface area (Å²) in [6.45, 7) is 9.47. The van der Waals surface area contributed by atoms with Crippen LogP contribution in [-0.2, 0) is 36.2 Å². The summed E-state index contributed by atoms with van der Waals surface area (Å²) < 4.78 is 0. The van der Waals surface area contributed by atoms with Gasteiger partial charge < -0.3 is 24.8 Å². The number of halogens is 2. The van der Waals surface area contributed by atoms with Gasteiger partial charge in [-0.1, -0.05) is 188 Å². The van der Waals surface area contributed by atoms with Crippen LogP contribution in [-0.4, -0.2) is 5.43 Å². The number of hydrogen-bond acceptors (Lipinski definition) is 0. The van der Waals surface area contributed by atoms with E-state index in [4.69, 9.17) is 0 Å². The molecule has 6 aromatic rings. The van der Waals surface area contributed by atoms with Crippen molar-refractivity contribution in [1.82, 2.24) is 0 Å². The molecular formula is C56H72Cl2SiZr-2. The summed E-state index contributed by atoms with van der Waals surface area (Å²) in [5, 5.41) is 5.65. The summed E-state index contributed by atoms with van der Waals surface area (Å²) in [5.74, 6) is 0. The van der Waals surface area contributed by atoms with E-state index in [1.54, 1.807) is 34.5 Å². The summed E-state index contributed by atoms with van der Waals surface area (Å²) >= 11 is 1.74. The molecule has 4 heteroatoms. The fourth-order valence-corrected chi connectivity index (χ4v) is 10.4. The molecule has 320 valence electrons. The summed E-state index contributed by atoms with van der Waals surface area (Å²) in [6, 6.07) is 45.1. The maximum Gasteiger partial charge on any atom is -1.00 e. The standard InChI is InChI=1S/2C27H33.C2H6Si.2ClH.Zr/c2*1-2-27(17-10-5-3-4-6-11-18-27)21-22-19-24-15-12-16-25(26(24)20-22)23-13-8-7-9-14-23;1-3-2;;;/h2*7-9,12-16,19-20H,2-6,10-11,17-18,21H2,1H3;1-2H3;2*1H;/q2*-1;;;;+2/p-2. The van der Waals surface area contributed by atoms with E-state index >= 15 is 0 Å². The van der Waals surface area contributed by atoms with E-state index in [1.807, 2.05) is 0 Å². The SMILES string of the molecule is CCC1(Cc2cc3c(-c4ccccc4)cccc3[cH-]2)CCCCCCCC1.CCC1(Cc2cc3c(-c4ccccc4)cccc3[cH-]2)CCCCCCCC1.C[Si](C)=[Zr+2].[Cl-].[Cl-]. The van der Waals surface area contributed by atoms with Crippen LogP contribution in [0.5, 0.6) is 0 Å². The summed E-state index contributed by atoms with van der Waals surface area (Å²) in [6.07, 6.45) is 28.0. The Bertz CT molecular complexity index is 1960. The first-order valence-electron chi connectivity index (χ1n) is 23.3. The molecule has 0 amide bonds. The van der Waals surface area contributed by atoms with E-state index in [0.29, 0.717) is 10.8 Å². The molecule has 0 N–H and O–H groups in total. The average molecular weight is 935 g/mol. The molecule has 0 unspecified atom stereocenters. The van der Waals surface area contributed by atoms with Gasteiger partial charge in [0.2, 0.25) is 0 Å². The molecule has 0 heterocycles. The van der Waals surface area contributed by atoms with Gasteiger partial charge in [0.05, 0.1) is 0 Å². The maximum absolute atomic E-state index is 2.49. The molecule has 2 fully saturated rings. The molecule has 2 saturated carbocycles. The second-order valence-electron chi connectivity index (χ2n) is 18.4. The Kier molecular flexibility index (Phi) is 21.7. The van der Waals surface area contributed by atoms with E-state index in [9.17, 15) is 0 Å². The van der Waals surface area contributed by atoms with Crippen molar-refractivity contribution in [1.29, 1.82) is 0 Å². The van der Waals surface area contributed by atoms with Crippen molar-refractivity contribution in [3.8, 4) is 22.3 Å². The first kappa shape index (κ1) is 50.4. The Morgan fingerprint density at radius 3 is 1.10 bits per heavy atom. The third kappa shape index (κ3) is 14.4. The first-order valence-corrected chi connectivity index (χ1v) is 29.5. The fourth-order valence-electron chi connectivity index (χ4n) is 10.4. The van der Waals surface area contributed by atoms with E-state index in [2.05, 4.69) is 148 Å². The minimum absolute atomic E-state index is 0. The summed E-state index contributed by atoms with van der Waals surface area (Å²) in [5.41, 5.74) is 9.74. The van der Waals surface area contributed by atoms with Gasteiger partial charge in [-0.3, -0.25) is 0 Å². The van der Waals surface area contributed by atoms with Gasteiger partial charge in [0.15, 0.2) is 0 Å². The van der Waals surface area contributed by atoms with Crippen molar-refractivity contribution >= 4 is 27.0 Å². The van der Waals surface area contributed by atoms with Crippen molar-refractivity contribution in [2.45, 2.75) is 155 Å². The third-order valence-corrected chi connectivity index (χ3v) is 13.8. The molecule has 0 aromatic heterocycles. The Balaban J connectivity index is 0.000000236. The van der Waals surface area contributed by atoms with Gasteiger partial charge in [0.25, 0.3) is 0 Å². The summed E-state index contributed by atoms with van der Waals surface area (Å²) in [4.78, 5) is 0. The van der Waals surface area contributed by atoms with Crippen LogP contribution in [0.3, 0.4) is 0 Å². The Morgan fingerprint density at radius 1 is 0.467 bits per heavy atom. The van der Waals surface area contributed by atoms with Gasteiger partial charge >= 0.3 is 41.9 Å². The Labute approximate surface area is 393 Å². The van der Waals surface area contributed by atoms with E-state index in [-0.39, 0.29) is 30.2 Å². The average Bonchev–Trinajstić information content (AvgIpc) is 3.90. The zero-order valence-electron chi connectivity index (χ0n) is 37.4. The molecule has 2 aliphatic rings. The van der Waals surface area contributed by atoms with Crippen molar-refractivity contribution in [2.75, 3.05) is 0 Å².